The van der Waals surface area contributed by atoms with Crippen LogP contribution in [-0.4, -0.2) is 65.9 Å². The molecular formula is C15H18N6O2S. The summed E-state index contributed by atoms with van der Waals surface area (Å²) in [6.07, 6.45) is 6.13. The molecule has 2 aliphatic rings. The molecule has 2 amide bonds. The number of hydrogen-bond donors (Lipinski definition) is 0. The molecule has 0 N–H and O–H groups in total. The fraction of sp³-hybridized carbons (Fsp3) is 0.533. The van der Waals surface area contributed by atoms with E-state index in [4.69, 9.17) is 0 Å². The average molecular weight is 346 g/mol. The lowest BCUT2D eigenvalue weighted by atomic mass is 9.90. The Balaban J connectivity index is 1.56. The second kappa shape index (κ2) is 5.97. The highest BCUT2D eigenvalue weighted by Gasteiger charge is 2.42. The summed E-state index contributed by atoms with van der Waals surface area (Å²) in [6, 6.07) is 0.0905. The molecule has 0 saturated carbocycles. The topological polar surface area (TPSA) is 84.2 Å². The van der Waals surface area contributed by atoms with Gasteiger partial charge in [0.25, 0.3) is 11.8 Å². The fourth-order valence-electron chi connectivity index (χ4n) is 3.72. The van der Waals surface area contributed by atoms with Crippen molar-refractivity contribution >= 4 is 23.3 Å². The highest BCUT2D eigenvalue weighted by atomic mass is 32.1. The highest BCUT2D eigenvalue weighted by molar-refractivity contribution is 7.03. The molecule has 2 unspecified atom stereocenters. The smallest absolute Gasteiger partial charge is 0.275 e. The van der Waals surface area contributed by atoms with E-state index in [1.54, 1.807) is 22.5 Å². The molecule has 0 aliphatic carbocycles. The number of carbonyl (C=O) groups is 2. The van der Waals surface area contributed by atoms with E-state index in [0.717, 1.165) is 19.3 Å². The second-order valence-electron chi connectivity index (χ2n) is 6.34. The average Bonchev–Trinajstić information content (AvgIpc) is 3.23. The Labute approximate surface area is 143 Å². The third-order valence-electron chi connectivity index (χ3n) is 4.86. The number of fused-ring (bicyclic) bond motifs is 2. The van der Waals surface area contributed by atoms with E-state index in [9.17, 15) is 9.59 Å². The van der Waals surface area contributed by atoms with Crippen LogP contribution in [0.15, 0.2) is 17.9 Å². The number of likely N-dealkylation sites (tertiary alicyclic amines) is 1. The van der Waals surface area contributed by atoms with Crippen molar-refractivity contribution in [2.45, 2.75) is 31.3 Å². The summed E-state index contributed by atoms with van der Waals surface area (Å²) in [7, 11) is 1.82. The molecule has 4 rings (SSSR count). The summed E-state index contributed by atoms with van der Waals surface area (Å²) in [5.41, 5.74) is 0.986. The molecule has 2 aliphatic heterocycles. The summed E-state index contributed by atoms with van der Waals surface area (Å²) in [5, 5.41) is 5.60. The minimum Gasteiger partial charge on any atom is -0.333 e. The van der Waals surface area contributed by atoms with Crippen molar-refractivity contribution in [1.82, 2.24) is 28.9 Å². The van der Waals surface area contributed by atoms with Crippen molar-refractivity contribution in [1.29, 1.82) is 0 Å². The SMILES string of the molecule is Cn1cncc1C(=O)N1CC2CCCC(C1)N2C(=O)c1csnn1. The van der Waals surface area contributed by atoms with Gasteiger partial charge < -0.3 is 14.4 Å². The van der Waals surface area contributed by atoms with Gasteiger partial charge in [-0.05, 0) is 30.8 Å². The zero-order chi connectivity index (χ0) is 16.7. The number of rotatable bonds is 2. The molecule has 126 valence electrons. The van der Waals surface area contributed by atoms with E-state index in [1.165, 1.54) is 11.5 Å². The minimum absolute atomic E-state index is 0.0191. The molecule has 2 atom stereocenters. The first kappa shape index (κ1) is 15.3. The van der Waals surface area contributed by atoms with Crippen LogP contribution in [0.2, 0.25) is 0 Å². The quantitative estimate of drug-likeness (QED) is 0.803. The Kier molecular flexibility index (Phi) is 3.79. The normalized spacial score (nSPS) is 23.4. The van der Waals surface area contributed by atoms with E-state index < -0.39 is 0 Å². The molecule has 0 aromatic carbocycles. The van der Waals surface area contributed by atoms with Crippen molar-refractivity contribution in [3.8, 4) is 0 Å². The maximum atomic E-state index is 12.8. The Morgan fingerprint density at radius 2 is 1.96 bits per heavy atom. The summed E-state index contributed by atoms with van der Waals surface area (Å²) >= 11 is 1.18. The van der Waals surface area contributed by atoms with Crippen LogP contribution in [0, 0.1) is 0 Å². The molecule has 9 heteroatoms. The molecule has 0 radical (unpaired) electrons. The summed E-state index contributed by atoms with van der Waals surface area (Å²) in [6.45, 7) is 1.12. The van der Waals surface area contributed by atoms with Crippen LogP contribution in [0.25, 0.3) is 0 Å². The number of nitrogens with zero attached hydrogens (tertiary/aromatic N) is 6. The Hall–Kier alpha value is -2.29. The van der Waals surface area contributed by atoms with Crippen molar-refractivity contribution in [2.24, 2.45) is 7.05 Å². The molecule has 4 heterocycles. The predicted molar refractivity (Wildman–Crippen MR) is 86.6 cm³/mol. The van der Waals surface area contributed by atoms with Crippen LogP contribution in [0.4, 0.5) is 0 Å². The molecule has 2 fully saturated rings. The Bertz CT molecular complexity index is 744. The number of piperazine rings is 1. The van der Waals surface area contributed by atoms with E-state index >= 15 is 0 Å². The third-order valence-corrected chi connectivity index (χ3v) is 5.37. The number of imidazole rings is 1. The Morgan fingerprint density at radius 1 is 1.21 bits per heavy atom. The second-order valence-corrected chi connectivity index (χ2v) is 6.95. The standard InChI is InChI=1S/C15H18N6O2S/c1-19-9-16-5-13(19)15(23)20-6-10-3-2-4-11(7-20)21(10)14(22)12-8-24-18-17-12/h5,8-11H,2-4,6-7H2,1H3. The number of aromatic nitrogens is 4. The molecule has 2 bridgehead atoms. The molecular weight excluding hydrogens is 328 g/mol. The molecule has 2 saturated heterocycles. The molecule has 2 aromatic rings. The number of hydrogen-bond acceptors (Lipinski definition) is 6. The molecule has 24 heavy (non-hydrogen) atoms. The zero-order valence-corrected chi connectivity index (χ0v) is 14.1. The van der Waals surface area contributed by atoms with Crippen LogP contribution in [0.1, 0.15) is 40.2 Å². The van der Waals surface area contributed by atoms with Crippen molar-refractivity contribution in [2.75, 3.05) is 13.1 Å². The van der Waals surface area contributed by atoms with E-state index in [-0.39, 0.29) is 23.9 Å². The summed E-state index contributed by atoms with van der Waals surface area (Å²) in [4.78, 5) is 33.3. The van der Waals surface area contributed by atoms with Crippen LogP contribution in [0.5, 0.6) is 0 Å². The van der Waals surface area contributed by atoms with Crippen LogP contribution >= 0.6 is 11.5 Å². The molecule has 2 aromatic heterocycles. The lowest BCUT2D eigenvalue weighted by Gasteiger charge is -2.49. The summed E-state index contributed by atoms with van der Waals surface area (Å²) < 4.78 is 5.52. The largest absolute Gasteiger partial charge is 0.333 e. The van der Waals surface area contributed by atoms with E-state index in [0.29, 0.717) is 24.5 Å². The van der Waals surface area contributed by atoms with E-state index in [1.807, 2.05) is 16.8 Å². The monoisotopic (exact) mass is 346 g/mol. The van der Waals surface area contributed by atoms with Gasteiger partial charge >= 0.3 is 0 Å². The van der Waals surface area contributed by atoms with Crippen LogP contribution in [0.3, 0.4) is 0 Å². The zero-order valence-electron chi connectivity index (χ0n) is 13.3. The first-order valence-electron chi connectivity index (χ1n) is 8.00. The predicted octanol–water partition coefficient (Wildman–Crippen LogP) is 0.791. The highest BCUT2D eigenvalue weighted by Crippen LogP contribution is 2.30. The number of aryl methyl sites for hydroxylation is 1. The maximum absolute atomic E-state index is 12.8. The number of carbonyl (C=O) groups excluding carboxylic acids is 2. The maximum Gasteiger partial charge on any atom is 0.275 e. The third kappa shape index (κ3) is 2.48. The number of piperidine rings is 1. The Morgan fingerprint density at radius 3 is 2.54 bits per heavy atom. The number of amides is 2. The van der Waals surface area contributed by atoms with Crippen molar-refractivity contribution < 1.29 is 9.59 Å². The lowest BCUT2D eigenvalue weighted by molar-refractivity contribution is 0.000364. The van der Waals surface area contributed by atoms with Gasteiger partial charge in [0.2, 0.25) is 0 Å². The molecule has 0 spiro atoms. The lowest BCUT2D eigenvalue weighted by Crippen LogP contribution is -2.63. The van der Waals surface area contributed by atoms with Crippen LogP contribution in [-0.2, 0) is 7.05 Å². The van der Waals surface area contributed by atoms with Crippen molar-refractivity contribution in [3.05, 3.63) is 29.3 Å². The summed E-state index contributed by atoms with van der Waals surface area (Å²) in [5.74, 6) is -0.0830. The van der Waals surface area contributed by atoms with Crippen LogP contribution < -0.4 is 0 Å². The first-order valence-corrected chi connectivity index (χ1v) is 8.84. The fourth-order valence-corrected chi connectivity index (χ4v) is 4.15. The van der Waals surface area contributed by atoms with Gasteiger partial charge in [-0.15, -0.1) is 5.10 Å². The minimum atomic E-state index is -0.0638. The van der Waals surface area contributed by atoms with Gasteiger partial charge in [-0.3, -0.25) is 9.59 Å². The molecule has 8 nitrogen and oxygen atoms in total. The van der Waals surface area contributed by atoms with Gasteiger partial charge in [0, 0.05) is 25.5 Å². The first-order chi connectivity index (χ1) is 11.6. The van der Waals surface area contributed by atoms with Gasteiger partial charge in [0.1, 0.15) is 5.69 Å². The van der Waals surface area contributed by atoms with Gasteiger partial charge in [-0.2, -0.15) is 0 Å². The van der Waals surface area contributed by atoms with Gasteiger partial charge in [0.05, 0.1) is 24.6 Å². The van der Waals surface area contributed by atoms with Crippen molar-refractivity contribution in [3.63, 3.8) is 0 Å². The van der Waals surface area contributed by atoms with Gasteiger partial charge in [-0.25, -0.2) is 4.98 Å². The van der Waals surface area contributed by atoms with Gasteiger partial charge in [0.15, 0.2) is 5.69 Å². The van der Waals surface area contributed by atoms with E-state index in [2.05, 4.69) is 14.6 Å². The van der Waals surface area contributed by atoms with Gasteiger partial charge in [-0.1, -0.05) is 4.49 Å².